The molecule has 0 spiro atoms. The number of anilines is 1. The van der Waals surface area contributed by atoms with E-state index in [1.165, 1.54) is 64.8 Å². The van der Waals surface area contributed by atoms with Gasteiger partial charge in [0.15, 0.2) is 0 Å². The third kappa shape index (κ3) is 2.70. The van der Waals surface area contributed by atoms with Gasteiger partial charge in [0.25, 0.3) is 0 Å². The van der Waals surface area contributed by atoms with Crippen LogP contribution in [0.4, 0.5) is 5.69 Å². The summed E-state index contributed by atoms with van der Waals surface area (Å²) in [5.74, 6) is 0. The largest absolute Gasteiger partial charge is 0.371 e. The molecule has 0 unspecified atom stereocenters. The lowest BCUT2D eigenvalue weighted by molar-refractivity contribution is 0.926. The summed E-state index contributed by atoms with van der Waals surface area (Å²) in [4.78, 5) is 7.40. The zero-order valence-corrected chi connectivity index (χ0v) is 14.7. The summed E-state index contributed by atoms with van der Waals surface area (Å²) >= 11 is 0. The number of benzene rings is 2. The number of nitrogens with zero attached hydrogens (tertiary/aromatic N) is 2. The van der Waals surface area contributed by atoms with Crippen molar-refractivity contribution in [2.75, 3.05) is 18.0 Å². The molecule has 5 aliphatic rings. The van der Waals surface area contributed by atoms with E-state index in [1.807, 2.05) is 6.20 Å². The molecule has 2 aromatic carbocycles. The first-order chi connectivity index (χ1) is 12.4. The monoisotopic (exact) mass is 328 g/mol. The summed E-state index contributed by atoms with van der Waals surface area (Å²) in [6.07, 6.45) is 8.97. The van der Waals surface area contributed by atoms with Gasteiger partial charge in [-0.1, -0.05) is 36.4 Å². The van der Waals surface area contributed by atoms with Crippen LogP contribution < -0.4 is 4.90 Å². The Kier molecular flexibility index (Phi) is 3.70. The van der Waals surface area contributed by atoms with E-state index >= 15 is 0 Å². The molecule has 3 aromatic rings. The standard InChI is InChI=1S/C23H24N2/c1-2-16-25(15-1)21-13-14-24-23-20-10-8-18-5-3-17(4-6-18)7-9-19(11-12-20)22(21)23/h3-6,11-14H,1-2,7-10,15-16H2. The zero-order chi connectivity index (χ0) is 16.6. The predicted molar refractivity (Wildman–Crippen MR) is 104 cm³/mol. The van der Waals surface area contributed by atoms with Gasteiger partial charge in [0.1, 0.15) is 0 Å². The fourth-order valence-electron chi connectivity index (χ4n) is 4.44. The van der Waals surface area contributed by atoms with Crippen LogP contribution in [0.5, 0.6) is 0 Å². The van der Waals surface area contributed by atoms with E-state index in [2.05, 4.69) is 47.4 Å². The Morgan fingerprint density at radius 1 is 0.680 bits per heavy atom. The van der Waals surface area contributed by atoms with Crippen LogP contribution >= 0.6 is 0 Å². The van der Waals surface area contributed by atoms with Crippen molar-refractivity contribution in [3.63, 3.8) is 0 Å². The van der Waals surface area contributed by atoms with E-state index < -0.39 is 0 Å². The summed E-state index contributed by atoms with van der Waals surface area (Å²) in [6.45, 7) is 2.37. The van der Waals surface area contributed by atoms with Crippen molar-refractivity contribution >= 4 is 16.6 Å². The van der Waals surface area contributed by atoms with Crippen LogP contribution in [-0.2, 0) is 25.7 Å². The highest BCUT2D eigenvalue weighted by Gasteiger charge is 2.19. The molecule has 1 saturated heterocycles. The van der Waals surface area contributed by atoms with Gasteiger partial charge in [-0.3, -0.25) is 4.98 Å². The van der Waals surface area contributed by atoms with Crippen molar-refractivity contribution in [2.45, 2.75) is 38.5 Å². The fourth-order valence-corrected chi connectivity index (χ4v) is 4.44. The van der Waals surface area contributed by atoms with Crippen LogP contribution in [0.25, 0.3) is 10.9 Å². The van der Waals surface area contributed by atoms with E-state index in [9.17, 15) is 0 Å². The molecular formula is C23H24N2. The number of pyridine rings is 1. The zero-order valence-electron chi connectivity index (χ0n) is 14.7. The second-order valence-corrected chi connectivity index (χ2v) is 7.45. The van der Waals surface area contributed by atoms with Crippen LogP contribution in [0.15, 0.2) is 48.7 Å². The average molecular weight is 328 g/mol. The highest BCUT2D eigenvalue weighted by molar-refractivity contribution is 5.96. The van der Waals surface area contributed by atoms with Gasteiger partial charge in [0.2, 0.25) is 0 Å². The van der Waals surface area contributed by atoms with Crippen LogP contribution in [0.3, 0.4) is 0 Å². The fraction of sp³-hybridized carbons (Fsp3) is 0.348. The van der Waals surface area contributed by atoms with Gasteiger partial charge < -0.3 is 4.90 Å². The van der Waals surface area contributed by atoms with Crippen LogP contribution in [0.1, 0.15) is 35.1 Å². The molecule has 0 amide bonds. The van der Waals surface area contributed by atoms with Crippen molar-refractivity contribution in [3.8, 4) is 0 Å². The summed E-state index contributed by atoms with van der Waals surface area (Å²) in [6, 6.07) is 16.2. The van der Waals surface area contributed by atoms with Crippen molar-refractivity contribution in [1.29, 1.82) is 0 Å². The topological polar surface area (TPSA) is 16.1 Å². The van der Waals surface area contributed by atoms with Gasteiger partial charge >= 0.3 is 0 Å². The first-order valence-corrected chi connectivity index (χ1v) is 9.61. The van der Waals surface area contributed by atoms with Crippen LogP contribution in [0, 0.1) is 0 Å². The Labute approximate surface area is 149 Å². The molecule has 4 aliphatic carbocycles. The maximum absolute atomic E-state index is 4.84. The minimum Gasteiger partial charge on any atom is -0.371 e. The molecule has 2 heterocycles. The Balaban J connectivity index is 1.69. The smallest absolute Gasteiger partial charge is 0.0757 e. The number of hydrogen-bond donors (Lipinski definition) is 0. The van der Waals surface area contributed by atoms with E-state index in [0.29, 0.717) is 0 Å². The molecule has 0 atom stereocenters. The SMILES string of the molecule is c1cc(N2CCCC2)c2c3ccc(c2n1)CCc1ccc(cc1)CC3. The maximum Gasteiger partial charge on any atom is 0.0757 e. The lowest BCUT2D eigenvalue weighted by atomic mass is 9.92. The van der Waals surface area contributed by atoms with E-state index in [-0.39, 0.29) is 0 Å². The van der Waals surface area contributed by atoms with E-state index in [4.69, 9.17) is 4.98 Å². The molecule has 0 N–H and O–H groups in total. The molecule has 1 fully saturated rings. The predicted octanol–water partition coefficient (Wildman–Crippen LogP) is 4.72. The lowest BCUT2D eigenvalue weighted by Crippen LogP contribution is -2.18. The Morgan fingerprint density at radius 2 is 1.32 bits per heavy atom. The van der Waals surface area contributed by atoms with Gasteiger partial charge in [-0.15, -0.1) is 0 Å². The van der Waals surface area contributed by atoms with Crippen LogP contribution in [-0.4, -0.2) is 18.1 Å². The lowest BCUT2D eigenvalue weighted by Gasteiger charge is -2.22. The van der Waals surface area contributed by atoms with Gasteiger partial charge in [-0.25, -0.2) is 0 Å². The molecule has 126 valence electrons. The third-order valence-electron chi connectivity index (χ3n) is 5.88. The number of aryl methyl sites for hydroxylation is 4. The van der Waals surface area contributed by atoms with Crippen molar-refractivity contribution in [2.24, 2.45) is 0 Å². The summed E-state index contributed by atoms with van der Waals surface area (Å²) in [5, 5.41) is 1.41. The average Bonchev–Trinajstić information content (AvgIpc) is 3.18. The third-order valence-corrected chi connectivity index (χ3v) is 5.88. The van der Waals surface area contributed by atoms with Crippen molar-refractivity contribution < 1.29 is 0 Å². The van der Waals surface area contributed by atoms with E-state index in [0.717, 1.165) is 25.7 Å². The number of aromatic nitrogens is 1. The Hall–Kier alpha value is -2.35. The second kappa shape index (κ2) is 6.18. The van der Waals surface area contributed by atoms with E-state index in [1.54, 1.807) is 0 Å². The van der Waals surface area contributed by atoms with Gasteiger partial charge in [0, 0.05) is 30.4 Å². The molecule has 2 heteroatoms. The first-order valence-electron chi connectivity index (χ1n) is 9.61. The molecule has 0 radical (unpaired) electrons. The highest BCUT2D eigenvalue weighted by atomic mass is 15.1. The maximum atomic E-state index is 4.84. The highest BCUT2D eigenvalue weighted by Crippen LogP contribution is 2.34. The molecule has 4 bridgehead atoms. The van der Waals surface area contributed by atoms with Crippen molar-refractivity contribution in [3.05, 3.63) is 70.9 Å². The molecule has 25 heavy (non-hydrogen) atoms. The summed E-state index contributed by atoms with van der Waals surface area (Å²) in [5.41, 5.74) is 8.36. The molecule has 1 aromatic heterocycles. The Bertz CT molecular complexity index is 905. The minimum atomic E-state index is 1.06. The quantitative estimate of drug-likeness (QED) is 0.642. The first kappa shape index (κ1) is 14.9. The van der Waals surface area contributed by atoms with Crippen LogP contribution in [0.2, 0.25) is 0 Å². The molecule has 1 aliphatic heterocycles. The van der Waals surface area contributed by atoms with Gasteiger partial charge in [0.05, 0.1) is 5.52 Å². The number of hydrogen-bond acceptors (Lipinski definition) is 2. The van der Waals surface area contributed by atoms with Gasteiger partial charge in [-0.05, 0) is 66.8 Å². The molecule has 0 saturated carbocycles. The van der Waals surface area contributed by atoms with Gasteiger partial charge in [-0.2, -0.15) is 0 Å². The molecule has 8 rings (SSSR count). The molecule has 2 nitrogen and oxygen atoms in total. The van der Waals surface area contributed by atoms with Crippen molar-refractivity contribution in [1.82, 2.24) is 4.98 Å². The Morgan fingerprint density at radius 3 is 2.04 bits per heavy atom. The normalized spacial score (nSPS) is 17.0. The second-order valence-electron chi connectivity index (χ2n) is 7.45. The summed E-state index contributed by atoms with van der Waals surface area (Å²) in [7, 11) is 0. The summed E-state index contributed by atoms with van der Waals surface area (Å²) < 4.78 is 0. The number of rotatable bonds is 1. The minimum absolute atomic E-state index is 1.06. The molecular weight excluding hydrogens is 304 g/mol.